The normalized spacial score (nSPS) is 21.1. The molecule has 186 valence electrons. The van der Waals surface area contributed by atoms with Crippen molar-refractivity contribution < 1.29 is 12.8 Å². The molecule has 2 aliphatic carbocycles. The highest BCUT2D eigenvalue weighted by molar-refractivity contribution is 7.89. The SMILES string of the molecule is C[C@H]1C2=CNN(c3ccc(F)cc3)C2=CC2=C1[C@@H](CN(CC#N)S(=O)(=O)c1cccc(Cl)c1Cl)CC2. The Labute approximate surface area is 219 Å². The molecule has 0 unspecified atom stereocenters. The number of nitrogens with zero attached hydrogens (tertiary/aromatic N) is 3. The number of hydrogen-bond acceptors (Lipinski definition) is 5. The van der Waals surface area contributed by atoms with Crippen LogP contribution >= 0.6 is 23.2 Å². The molecule has 5 rings (SSSR count). The number of hydrogen-bond donors (Lipinski definition) is 1. The van der Waals surface area contributed by atoms with Gasteiger partial charge in [0, 0.05) is 24.2 Å². The smallest absolute Gasteiger partial charge is 0.245 e. The maximum Gasteiger partial charge on any atom is 0.245 e. The van der Waals surface area contributed by atoms with Crippen LogP contribution in [-0.2, 0) is 10.0 Å². The highest BCUT2D eigenvalue weighted by atomic mass is 35.5. The molecule has 6 nitrogen and oxygen atoms in total. The maximum atomic E-state index is 13.5. The molecule has 0 bridgehead atoms. The fourth-order valence-corrected chi connectivity index (χ4v) is 7.42. The van der Waals surface area contributed by atoms with Gasteiger partial charge in [-0.2, -0.15) is 9.57 Å². The highest BCUT2D eigenvalue weighted by Gasteiger charge is 2.40. The summed E-state index contributed by atoms with van der Waals surface area (Å²) < 4.78 is 41.6. The Hall–Kier alpha value is -2.83. The van der Waals surface area contributed by atoms with Crippen LogP contribution in [0.3, 0.4) is 0 Å². The summed E-state index contributed by atoms with van der Waals surface area (Å²) in [6.07, 6.45) is 5.64. The number of sulfonamides is 1. The molecule has 0 saturated heterocycles. The summed E-state index contributed by atoms with van der Waals surface area (Å²) in [5, 5.41) is 11.4. The van der Waals surface area contributed by atoms with Crippen LogP contribution in [0.2, 0.25) is 10.0 Å². The van der Waals surface area contributed by atoms with Crippen molar-refractivity contribution in [3.63, 3.8) is 0 Å². The van der Waals surface area contributed by atoms with Crippen LogP contribution in [0.1, 0.15) is 19.8 Å². The van der Waals surface area contributed by atoms with E-state index in [1.165, 1.54) is 45.8 Å². The van der Waals surface area contributed by atoms with E-state index in [1.54, 1.807) is 12.1 Å². The number of rotatable bonds is 6. The van der Waals surface area contributed by atoms with Crippen molar-refractivity contribution in [2.45, 2.75) is 24.7 Å². The molecule has 0 fully saturated rings. The van der Waals surface area contributed by atoms with Crippen molar-refractivity contribution in [3.05, 3.63) is 93.0 Å². The Morgan fingerprint density at radius 3 is 2.69 bits per heavy atom. The minimum atomic E-state index is -4.03. The minimum absolute atomic E-state index is 0.0462. The number of nitriles is 1. The van der Waals surface area contributed by atoms with Crippen molar-refractivity contribution in [2.24, 2.45) is 11.8 Å². The Morgan fingerprint density at radius 1 is 1.22 bits per heavy atom. The van der Waals surface area contributed by atoms with Crippen LogP contribution in [-0.4, -0.2) is 25.8 Å². The maximum absolute atomic E-state index is 13.5. The lowest BCUT2D eigenvalue weighted by Crippen LogP contribution is -2.37. The second-order valence-electron chi connectivity index (χ2n) is 9.02. The van der Waals surface area contributed by atoms with Crippen LogP contribution in [0.4, 0.5) is 10.1 Å². The lowest BCUT2D eigenvalue weighted by molar-refractivity contribution is 0.380. The summed E-state index contributed by atoms with van der Waals surface area (Å²) in [5.41, 5.74) is 8.53. The van der Waals surface area contributed by atoms with Crippen molar-refractivity contribution >= 4 is 38.9 Å². The number of allylic oxidation sites excluding steroid dienone is 3. The minimum Gasteiger partial charge on any atom is -0.301 e. The van der Waals surface area contributed by atoms with Gasteiger partial charge in [-0.05, 0) is 66.8 Å². The Bertz CT molecular complexity index is 1460. The third-order valence-electron chi connectivity index (χ3n) is 6.99. The average molecular weight is 545 g/mol. The van der Waals surface area contributed by atoms with Gasteiger partial charge in [0.1, 0.15) is 17.3 Å². The van der Waals surface area contributed by atoms with E-state index in [0.717, 1.165) is 29.8 Å². The number of halogens is 3. The molecule has 0 saturated carbocycles. The molecule has 1 heterocycles. The van der Waals surface area contributed by atoms with Crippen molar-refractivity contribution in [3.8, 4) is 6.07 Å². The second-order valence-corrected chi connectivity index (χ2v) is 11.7. The zero-order valence-corrected chi connectivity index (χ0v) is 21.7. The molecule has 2 atom stereocenters. The predicted octanol–water partition coefficient (Wildman–Crippen LogP) is 5.80. The van der Waals surface area contributed by atoms with Gasteiger partial charge in [-0.15, -0.1) is 0 Å². The van der Waals surface area contributed by atoms with E-state index in [2.05, 4.69) is 18.4 Å². The van der Waals surface area contributed by atoms with E-state index < -0.39 is 10.0 Å². The summed E-state index contributed by atoms with van der Waals surface area (Å²) in [4.78, 5) is -0.101. The van der Waals surface area contributed by atoms with Crippen molar-refractivity contribution in [2.75, 3.05) is 18.1 Å². The average Bonchev–Trinajstić information content (AvgIpc) is 3.46. The van der Waals surface area contributed by atoms with E-state index in [0.29, 0.717) is 0 Å². The zero-order valence-electron chi connectivity index (χ0n) is 19.4. The molecular weight excluding hydrogens is 522 g/mol. The molecule has 3 aliphatic rings. The first kappa shape index (κ1) is 24.8. The first-order valence-corrected chi connectivity index (χ1v) is 13.7. The van der Waals surface area contributed by atoms with Gasteiger partial charge in [0.05, 0.1) is 27.5 Å². The molecule has 10 heteroatoms. The van der Waals surface area contributed by atoms with Gasteiger partial charge < -0.3 is 5.43 Å². The molecule has 0 amide bonds. The number of nitrogens with one attached hydrogen (secondary N) is 1. The topological polar surface area (TPSA) is 76.4 Å². The quantitative estimate of drug-likeness (QED) is 0.465. The molecular formula is C26H23Cl2FN4O2S. The number of fused-ring (bicyclic) bond motifs is 1. The molecule has 1 aliphatic heterocycles. The summed E-state index contributed by atoms with van der Waals surface area (Å²) in [6.45, 7) is 2.00. The lowest BCUT2D eigenvalue weighted by Gasteiger charge is -2.31. The van der Waals surface area contributed by atoms with Crippen LogP contribution in [0.25, 0.3) is 0 Å². The number of hydrazine groups is 1. The first-order valence-electron chi connectivity index (χ1n) is 11.5. The van der Waals surface area contributed by atoms with E-state index in [9.17, 15) is 18.1 Å². The third-order valence-corrected chi connectivity index (χ3v) is 9.78. The van der Waals surface area contributed by atoms with Crippen LogP contribution in [0.15, 0.2) is 82.1 Å². The van der Waals surface area contributed by atoms with Crippen molar-refractivity contribution in [1.29, 1.82) is 5.26 Å². The lowest BCUT2D eigenvalue weighted by atomic mass is 9.80. The summed E-state index contributed by atoms with van der Waals surface area (Å²) in [7, 11) is -4.03. The Kier molecular flexibility index (Phi) is 6.60. The number of benzene rings is 2. The van der Waals surface area contributed by atoms with E-state index in [-0.39, 0.29) is 45.7 Å². The Morgan fingerprint density at radius 2 is 1.97 bits per heavy atom. The largest absolute Gasteiger partial charge is 0.301 e. The summed E-state index contributed by atoms with van der Waals surface area (Å²) in [5.74, 6) is -0.293. The molecule has 1 N–H and O–H groups in total. The zero-order chi connectivity index (χ0) is 25.6. The van der Waals surface area contributed by atoms with Gasteiger partial charge in [0.2, 0.25) is 10.0 Å². The van der Waals surface area contributed by atoms with Crippen LogP contribution in [0.5, 0.6) is 0 Å². The molecule has 36 heavy (non-hydrogen) atoms. The molecule has 2 aromatic rings. The van der Waals surface area contributed by atoms with Crippen molar-refractivity contribution in [1.82, 2.24) is 9.73 Å². The highest BCUT2D eigenvalue weighted by Crippen LogP contribution is 2.48. The fourth-order valence-electron chi connectivity index (χ4n) is 5.30. The Balaban J connectivity index is 1.45. The summed E-state index contributed by atoms with van der Waals surface area (Å²) in [6, 6.07) is 12.7. The van der Waals surface area contributed by atoms with Crippen LogP contribution in [0, 0.1) is 29.0 Å². The van der Waals surface area contributed by atoms with Gasteiger partial charge in [0.15, 0.2) is 0 Å². The van der Waals surface area contributed by atoms with E-state index in [4.69, 9.17) is 23.2 Å². The number of anilines is 1. The van der Waals surface area contributed by atoms with Gasteiger partial charge in [-0.3, -0.25) is 5.01 Å². The van der Waals surface area contributed by atoms with Gasteiger partial charge in [0.25, 0.3) is 0 Å². The molecule has 0 radical (unpaired) electrons. The van der Waals surface area contributed by atoms with Crippen LogP contribution < -0.4 is 10.4 Å². The fraction of sp³-hybridized carbons (Fsp3) is 0.269. The molecule has 0 aromatic heterocycles. The standard InChI is InChI=1S/C26H23Cl2FN4O2S/c1-16-21-14-31-33(20-9-7-19(29)8-10-20)23(21)13-17-5-6-18(25(16)17)15-32(12-11-30)36(34,35)24-4-2-3-22(27)26(24)28/h2-4,7-10,13-14,16,18,31H,5-6,12,15H2,1H3/t16-,18+/m0/s1. The third kappa shape index (κ3) is 4.20. The summed E-state index contributed by atoms with van der Waals surface area (Å²) >= 11 is 12.3. The van der Waals surface area contributed by atoms with Gasteiger partial charge in [-0.25, -0.2) is 12.8 Å². The second kappa shape index (κ2) is 9.56. The van der Waals surface area contributed by atoms with E-state index in [1.807, 2.05) is 17.3 Å². The van der Waals surface area contributed by atoms with Gasteiger partial charge >= 0.3 is 0 Å². The predicted molar refractivity (Wildman–Crippen MR) is 138 cm³/mol. The van der Waals surface area contributed by atoms with Gasteiger partial charge in [-0.1, -0.05) is 41.8 Å². The molecule has 0 spiro atoms. The molecule has 2 aromatic carbocycles. The van der Waals surface area contributed by atoms with E-state index >= 15 is 0 Å². The first-order chi connectivity index (χ1) is 17.2. The monoisotopic (exact) mass is 544 g/mol.